The third-order valence-corrected chi connectivity index (χ3v) is 16.2. The minimum atomic E-state index is -2.38. The van der Waals surface area contributed by atoms with Gasteiger partial charge in [0.1, 0.15) is 11.8 Å². The van der Waals surface area contributed by atoms with Crippen LogP contribution in [0.2, 0.25) is 0 Å². The van der Waals surface area contributed by atoms with Gasteiger partial charge in [-0.15, -0.1) is 11.6 Å². The minimum Gasteiger partial charge on any atom is -0.496 e. The number of methoxy groups -OCH3 is 1. The van der Waals surface area contributed by atoms with Crippen LogP contribution < -0.4 is 19.9 Å². The topological polar surface area (TPSA) is 114 Å². The molecule has 1 saturated carbocycles. The first-order valence-corrected chi connectivity index (χ1v) is 23.3. The van der Waals surface area contributed by atoms with E-state index in [1.165, 1.54) is 18.4 Å². The fraction of sp³-hybridized carbons (Fsp3) is 0.521. The number of ether oxygens (including phenoxy) is 1. The average Bonchev–Trinajstić information content (AvgIpc) is 3.84. The first-order valence-electron chi connectivity index (χ1n) is 22.2. The van der Waals surface area contributed by atoms with Crippen molar-refractivity contribution in [3.63, 3.8) is 0 Å². The van der Waals surface area contributed by atoms with E-state index in [-0.39, 0.29) is 73.5 Å². The Morgan fingerprint density at radius 3 is 2.57 bits per heavy atom. The Bertz CT molecular complexity index is 2410. The molecule has 6 aliphatic rings. The molecule has 3 saturated heterocycles. The van der Waals surface area contributed by atoms with E-state index in [0.717, 1.165) is 103 Å². The maximum atomic E-state index is 14.1. The first kappa shape index (κ1) is 44.9. The second-order valence-corrected chi connectivity index (χ2v) is 21.1. The number of aromatic amines is 1. The van der Waals surface area contributed by atoms with Crippen molar-refractivity contribution in [2.75, 3.05) is 56.2 Å². The van der Waals surface area contributed by atoms with Gasteiger partial charge in [-0.2, -0.15) is 17.2 Å². The molecule has 4 aromatic rings. The summed E-state index contributed by atoms with van der Waals surface area (Å²) in [6.07, 6.45) is 5.43. The summed E-state index contributed by atoms with van der Waals surface area (Å²) < 4.78 is 33.9. The number of carbonyl (C=O) groups is 3. The number of anilines is 2. The Labute approximate surface area is 405 Å². The zero-order valence-corrected chi connectivity index (χ0v) is 42.2. The number of piperazine rings is 1. The number of aromatic nitrogens is 2. The number of H-pyrrole nitrogens is 1. The fourth-order valence-corrected chi connectivity index (χ4v) is 13.2. The number of benzene rings is 3. The van der Waals surface area contributed by atoms with Crippen LogP contribution in [0.5, 0.6) is 5.75 Å². The van der Waals surface area contributed by atoms with Gasteiger partial charge in [-0.3, -0.25) is 24.8 Å². The Morgan fingerprint density at radius 2 is 1.84 bits per heavy atom. The van der Waals surface area contributed by atoms with E-state index in [1.54, 1.807) is 18.1 Å². The van der Waals surface area contributed by atoms with Gasteiger partial charge in [0.25, 0.3) is 0 Å². The second-order valence-electron chi connectivity index (χ2n) is 19.1. The van der Waals surface area contributed by atoms with Crippen LogP contribution in [0.3, 0.4) is 0 Å². The number of hydrogen-bond acceptors (Lipinski definition) is 8. The number of hydrogen-bond donors (Lipinski definition) is 2. The van der Waals surface area contributed by atoms with Crippen LogP contribution in [0.1, 0.15) is 90.4 Å². The van der Waals surface area contributed by atoms with Crippen molar-refractivity contribution in [3.8, 4) is 5.75 Å². The number of nitrogens with zero attached hydrogens (tertiary/aromatic N) is 5. The van der Waals surface area contributed by atoms with Crippen molar-refractivity contribution >= 4 is 62.6 Å². The molecule has 4 fully saturated rings. The zero-order valence-electron chi connectivity index (χ0n) is 35.9. The molecule has 1 aromatic heterocycles. The van der Waals surface area contributed by atoms with E-state index in [4.69, 9.17) is 4.74 Å². The summed E-state index contributed by atoms with van der Waals surface area (Å²) in [5, 5.41) is 10.8. The molecule has 3 aromatic carbocycles. The van der Waals surface area contributed by atoms with Crippen LogP contribution in [-0.2, 0) is 22.6 Å². The van der Waals surface area contributed by atoms with Gasteiger partial charge >= 0.3 is 31.1 Å². The number of piperidine rings is 2. The average molecular weight is 1200 g/mol. The van der Waals surface area contributed by atoms with Crippen LogP contribution in [0.15, 0.2) is 48.7 Å². The molecular formula is C48H54F2IN7O4U. The maximum absolute atomic E-state index is 14.1. The summed E-state index contributed by atoms with van der Waals surface area (Å²) in [7, 11) is 1.70. The summed E-state index contributed by atoms with van der Waals surface area (Å²) >= 11 is 2.46. The molecular weight excluding hydrogens is 1140 g/mol. The number of halogens is 3. The van der Waals surface area contributed by atoms with Gasteiger partial charge in [0, 0.05) is 87.3 Å². The molecule has 5 atom stereocenters. The molecule has 1 spiro atoms. The standard InChI is InChI=1S/C48H54F2IN7O4.U/c1-28-18-37-34(8-9-39-38(37)24-52-54-39)44(36(28)21-42(49)50)35-7-4-31(20-41(35)62-3)56-14-12-48(13-15-56)22-29(23-48)25-55-16-17-58(47(2,51)27-55)32-5-6-33-30(19-32)26-57(46(33)61)40-10-11-43(59)53-45(40)60;/h4,6-9,19-20,24,28-29,36,40,42,44H,2,10-18,21-23,25-27H2,1,3H3,(H,52,54)(H,53,59,60);/q-2;+2/t28-,36?,40?,44+,47+;/m1./s1. The monoisotopic (exact) mass is 1200 g/mol. The third kappa shape index (κ3) is 8.32. The Balaban J connectivity index is 0.00000504. The van der Waals surface area contributed by atoms with Crippen LogP contribution in [-0.4, -0.2) is 100 Å². The quantitative estimate of drug-likeness (QED) is 0.0583. The van der Waals surface area contributed by atoms with Gasteiger partial charge in [-0.05, 0) is 88.5 Å². The van der Waals surface area contributed by atoms with Crippen LogP contribution >= 0.6 is 22.6 Å². The first-order chi connectivity index (χ1) is 29.8. The fourth-order valence-electron chi connectivity index (χ4n) is 12.2. The molecule has 2 N–H and O–H groups in total. The largest absolute Gasteiger partial charge is 2.00 e. The van der Waals surface area contributed by atoms with E-state index in [1.807, 2.05) is 18.3 Å². The number of amides is 3. The van der Waals surface area contributed by atoms with Gasteiger partial charge in [0.05, 0.1) is 18.8 Å². The molecule has 3 amide bonds. The molecule has 0 radical (unpaired) electrons. The van der Waals surface area contributed by atoms with Gasteiger partial charge < -0.3 is 31.3 Å². The van der Waals surface area contributed by atoms with Gasteiger partial charge in [0.2, 0.25) is 18.2 Å². The summed E-state index contributed by atoms with van der Waals surface area (Å²) in [4.78, 5) is 46.4. The van der Waals surface area contributed by atoms with Crippen molar-refractivity contribution in [1.82, 2.24) is 25.3 Å². The Hall–Kier alpha value is -3.26. The number of fused-ring (bicyclic) bond motifs is 4. The van der Waals surface area contributed by atoms with E-state index in [9.17, 15) is 23.2 Å². The number of rotatable bonds is 9. The van der Waals surface area contributed by atoms with Crippen LogP contribution in [0.4, 0.5) is 20.2 Å². The summed E-state index contributed by atoms with van der Waals surface area (Å²) in [6, 6.07) is 17.1. The summed E-state index contributed by atoms with van der Waals surface area (Å²) in [5.41, 5.74) is 8.11. The molecule has 15 heteroatoms. The van der Waals surface area contributed by atoms with Crippen molar-refractivity contribution in [1.29, 1.82) is 0 Å². The zero-order chi connectivity index (χ0) is 43.1. The SMILES string of the molecule is [CH2-][C@@]1(I)CN(CC2CC3(CCN(c4ccc([C@@H]5c6ccc7[nH]ncc7c6C[C@@H](C)C5CC(F)F)c(OC)c4)CC3)C2)CCN1c1[c-]cc2c(c1)CN(C1CCC(=O)NC1=O)C2=O.[U+2]. The van der Waals surface area contributed by atoms with Crippen LogP contribution in [0, 0.1) is 67.3 Å². The molecule has 330 valence electrons. The van der Waals surface area contributed by atoms with Gasteiger partial charge in [-0.1, -0.05) is 52.9 Å². The summed E-state index contributed by atoms with van der Waals surface area (Å²) in [5.74, 6) is 0.202. The van der Waals surface area contributed by atoms with Crippen molar-refractivity contribution in [3.05, 3.63) is 89.5 Å². The van der Waals surface area contributed by atoms with E-state index >= 15 is 0 Å². The maximum Gasteiger partial charge on any atom is 2.00 e. The molecule has 11 nitrogen and oxygen atoms in total. The predicted octanol–water partition coefficient (Wildman–Crippen LogP) is 7.51. The number of carbonyl (C=O) groups excluding carboxylic acids is 3. The molecule has 63 heavy (non-hydrogen) atoms. The molecule has 5 heterocycles. The third-order valence-electron chi connectivity index (χ3n) is 15.3. The molecule has 2 aliphatic carbocycles. The second kappa shape index (κ2) is 17.5. The smallest absolute Gasteiger partial charge is 0.496 e. The molecule has 10 rings (SSSR count). The molecule has 4 aliphatic heterocycles. The normalized spacial score (nSPS) is 27.3. The van der Waals surface area contributed by atoms with Crippen LogP contribution in [0.25, 0.3) is 10.9 Å². The van der Waals surface area contributed by atoms with Crippen molar-refractivity contribution in [2.45, 2.75) is 86.8 Å². The minimum absolute atomic E-state index is 0. The molecule has 0 bridgehead atoms. The predicted molar refractivity (Wildman–Crippen MR) is 242 cm³/mol. The van der Waals surface area contributed by atoms with Gasteiger partial charge in [0.15, 0.2) is 5.91 Å². The van der Waals surface area contributed by atoms with E-state index in [0.29, 0.717) is 29.9 Å². The summed E-state index contributed by atoms with van der Waals surface area (Å²) in [6.45, 7) is 12.6. The van der Waals surface area contributed by atoms with Crippen molar-refractivity contribution < 1.29 is 59.0 Å². The number of nitrogens with one attached hydrogen (secondary N) is 2. The Morgan fingerprint density at radius 1 is 1.06 bits per heavy atom. The molecule has 2 unspecified atom stereocenters. The van der Waals surface area contributed by atoms with Gasteiger partial charge in [-0.25, -0.2) is 8.78 Å². The van der Waals surface area contributed by atoms with E-state index < -0.39 is 21.9 Å². The number of imide groups is 1. The van der Waals surface area contributed by atoms with E-state index in [2.05, 4.69) is 97.0 Å². The van der Waals surface area contributed by atoms with Crippen molar-refractivity contribution in [2.24, 2.45) is 23.2 Å². The number of alkyl halides is 3. The Kier molecular flexibility index (Phi) is 12.5.